The number of aryl methyl sites for hydroxylation is 1. The highest BCUT2D eigenvalue weighted by molar-refractivity contribution is 14.1. The van der Waals surface area contributed by atoms with Crippen molar-refractivity contribution < 1.29 is 4.79 Å². The molecule has 1 rings (SSSR count). The Balaban J connectivity index is 3.32. The van der Waals surface area contributed by atoms with Gasteiger partial charge in [0.25, 0.3) is 0 Å². The Kier molecular flexibility index (Phi) is 2.93. The van der Waals surface area contributed by atoms with Crippen molar-refractivity contribution >= 4 is 28.6 Å². The summed E-state index contributed by atoms with van der Waals surface area (Å²) in [6.07, 6.45) is 2.90. The van der Waals surface area contributed by atoms with Gasteiger partial charge < -0.3 is 0 Å². The number of Topliss-reactive ketones (excluding diaryl/α,β-unsaturated/α-hetero) is 1. The largest absolute Gasteiger partial charge is 0.294 e. The number of carbonyl (C=O) groups excluding carboxylic acids is 1. The fraction of sp³-hybridized carbons (Fsp3) is 0.444. The Morgan fingerprint density at radius 1 is 1.67 bits per heavy atom. The first kappa shape index (κ1) is 9.77. The molecule has 66 valence electrons. The first-order chi connectivity index (χ1) is 5.57. The van der Waals surface area contributed by atoms with Gasteiger partial charge in [-0.2, -0.15) is 0 Å². The Labute approximate surface area is 86.5 Å². The van der Waals surface area contributed by atoms with Crippen molar-refractivity contribution in [3.05, 3.63) is 23.0 Å². The molecule has 12 heavy (non-hydrogen) atoms. The molecule has 0 atom stereocenters. The van der Waals surface area contributed by atoms with Crippen LogP contribution in [0.3, 0.4) is 0 Å². The van der Waals surface area contributed by atoms with Gasteiger partial charge in [-0.15, -0.1) is 0 Å². The van der Waals surface area contributed by atoms with Gasteiger partial charge in [0.1, 0.15) is 0 Å². The highest BCUT2D eigenvalue weighted by Crippen LogP contribution is 2.20. The summed E-state index contributed by atoms with van der Waals surface area (Å²) in [6, 6.07) is 0. The zero-order chi connectivity index (χ0) is 9.30. The number of rotatable bonds is 2. The third kappa shape index (κ3) is 1.55. The summed E-state index contributed by atoms with van der Waals surface area (Å²) in [5.74, 6) is 0.166. The van der Waals surface area contributed by atoms with Crippen LogP contribution in [0.25, 0.3) is 0 Å². The average molecular weight is 277 g/mol. The van der Waals surface area contributed by atoms with Gasteiger partial charge in [-0.05, 0) is 25.8 Å². The molecule has 0 aliphatic rings. The molecule has 1 heterocycles. The molecule has 0 saturated carbocycles. The highest BCUT2D eigenvalue weighted by atomic mass is 127. The predicted molar refractivity (Wildman–Crippen MR) is 58.0 cm³/mol. The lowest BCUT2D eigenvalue weighted by atomic mass is 10.1. The first-order valence-corrected chi connectivity index (χ1v) is 4.92. The van der Waals surface area contributed by atoms with Crippen molar-refractivity contribution in [1.82, 2.24) is 2.78 Å². The molecule has 0 fully saturated rings. The van der Waals surface area contributed by atoms with Crippen LogP contribution in [0.1, 0.15) is 35.5 Å². The van der Waals surface area contributed by atoms with Crippen molar-refractivity contribution in [2.24, 2.45) is 0 Å². The maximum absolute atomic E-state index is 11.2. The highest BCUT2D eigenvalue weighted by Gasteiger charge is 2.13. The molecule has 0 aliphatic heterocycles. The maximum atomic E-state index is 11.2. The maximum Gasteiger partial charge on any atom is 0.161 e. The van der Waals surface area contributed by atoms with E-state index >= 15 is 0 Å². The van der Waals surface area contributed by atoms with Crippen LogP contribution in [0.15, 0.2) is 6.20 Å². The van der Waals surface area contributed by atoms with Crippen molar-refractivity contribution in [2.45, 2.75) is 27.2 Å². The second-order valence-corrected chi connectivity index (χ2v) is 3.89. The summed E-state index contributed by atoms with van der Waals surface area (Å²) in [4.78, 5) is 11.2. The number of halogens is 1. The Morgan fingerprint density at radius 2 is 2.25 bits per heavy atom. The van der Waals surface area contributed by atoms with Gasteiger partial charge in [-0.1, -0.05) is 6.92 Å². The standard InChI is InChI=1S/C9H12INO/c1-4-8-9(7(3)12)6(2)5-11(8)10/h5H,4H2,1-3H3. The molecule has 0 aliphatic carbocycles. The fourth-order valence-corrected chi connectivity index (χ4v) is 2.46. The minimum absolute atomic E-state index is 0.166. The molecule has 0 bridgehead atoms. The van der Waals surface area contributed by atoms with Gasteiger partial charge in [0.2, 0.25) is 0 Å². The molecule has 2 nitrogen and oxygen atoms in total. The summed E-state index contributed by atoms with van der Waals surface area (Å²) in [5.41, 5.74) is 3.10. The average Bonchev–Trinajstić information content (AvgIpc) is 2.24. The minimum Gasteiger partial charge on any atom is -0.294 e. The molecule has 0 radical (unpaired) electrons. The molecule has 3 heteroatoms. The van der Waals surface area contributed by atoms with Gasteiger partial charge in [-0.25, -0.2) is 0 Å². The molecule has 0 aromatic carbocycles. The van der Waals surface area contributed by atoms with E-state index in [1.54, 1.807) is 6.92 Å². The van der Waals surface area contributed by atoms with Gasteiger partial charge in [0.15, 0.2) is 5.78 Å². The van der Waals surface area contributed by atoms with Crippen LogP contribution in [0.4, 0.5) is 0 Å². The number of hydrogen-bond donors (Lipinski definition) is 0. The fourth-order valence-electron chi connectivity index (χ4n) is 1.46. The molecular weight excluding hydrogens is 265 g/mol. The molecule has 0 amide bonds. The second kappa shape index (κ2) is 3.60. The normalized spacial score (nSPS) is 10.3. The molecule has 1 aromatic heterocycles. The van der Waals surface area contributed by atoms with E-state index in [9.17, 15) is 4.79 Å². The molecule has 0 N–H and O–H groups in total. The van der Waals surface area contributed by atoms with Crippen molar-refractivity contribution in [3.8, 4) is 0 Å². The zero-order valence-electron chi connectivity index (χ0n) is 7.52. The monoisotopic (exact) mass is 277 g/mol. The van der Waals surface area contributed by atoms with Crippen LogP contribution in [0, 0.1) is 6.92 Å². The molecule has 0 unspecified atom stereocenters. The van der Waals surface area contributed by atoms with E-state index in [0.29, 0.717) is 0 Å². The summed E-state index contributed by atoms with van der Waals surface area (Å²) >= 11 is 2.20. The number of carbonyl (C=O) groups is 1. The molecule has 1 aromatic rings. The van der Waals surface area contributed by atoms with Crippen LogP contribution < -0.4 is 0 Å². The van der Waals surface area contributed by atoms with Crippen molar-refractivity contribution in [3.63, 3.8) is 0 Å². The van der Waals surface area contributed by atoms with Crippen LogP contribution >= 0.6 is 22.9 Å². The predicted octanol–water partition coefficient (Wildman–Crippen LogP) is 2.76. The quantitative estimate of drug-likeness (QED) is 0.602. The van der Waals surface area contributed by atoms with E-state index in [1.807, 2.05) is 15.9 Å². The molecule has 0 spiro atoms. The van der Waals surface area contributed by atoms with Crippen LogP contribution in [-0.2, 0) is 6.42 Å². The van der Waals surface area contributed by atoms with E-state index in [-0.39, 0.29) is 5.78 Å². The SMILES string of the molecule is CCc1c(C(C)=O)c(C)cn1I. The van der Waals surface area contributed by atoms with E-state index < -0.39 is 0 Å². The van der Waals surface area contributed by atoms with Crippen molar-refractivity contribution in [1.29, 1.82) is 0 Å². The lowest BCUT2D eigenvalue weighted by Gasteiger charge is -1.99. The second-order valence-electron chi connectivity index (χ2n) is 2.85. The minimum atomic E-state index is 0.166. The lowest BCUT2D eigenvalue weighted by molar-refractivity contribution is 0.101. The number of aromatic nitrogens is 1. The van der Waals surface area contributed by atoms with E-state index in [0.717, 1.165) is 23.2 Å². The molecular formula is C9H12INO. The topological polar surface area (TPSA) is 22.0 Å². The van der Waals surface area contributed by atoms with E-state index in [4.69, 9.17) is 0 Å². The van der Waals surface area contributed by atoms with Crippen LogP contribution in [-0.4, -0.2) is 8.56 Å². The Morgan fingerprint density at radius 3 is 2.58 bits per heavy atom. The number of hydrogen-bond acceptors (Lipinski definition) is 1. The Hall–Kier alpha value is -0.320. The summed E-state index contributed by atoms with van der Waals surface area (Å²) < 4.78 is 2.00. The third-order valence-corrected chi connectivity index (χ3v) is 2.80. The van der Waals surface area contributed by atoms with Gasteiger partial charge >= 0.3 is 0 Å². The number of nitrogens with zero attached hydrogens (tertiary/aromatic N) is 1. The summed E-state index contributed by atoms with van der Waals surface area (Å²) in [6.45, 7) is 5.67. The molecule has 0 saturated heterocycles. The van der Waals surface area contributed by atoms with Gasteiger partial charge in [0.05, 0.1) is 22.9 Å². The summed E-state index contributed by atoms with van der Waals surface area (Å²) in [7, 11) is 0. The Bertz CT molecular complexity index is 315. The van der Waals surface area contributed by atoms with Crippen molar-refractivity contribution in [2.75, 3.05) is 0 Å². The summed E-state index contributed by atoms with van der Waals surface area (Å²) in [5, 5.41) is 0. The van der Waals surface area contributed by atoms with Gasteiger partial charge in [0, 0.05) is 17.5 Å². The van der Waals surface area contributed by atoms with Crippen LogP contribution in [0.2, 0.25) is 0 Å². The van der Waals surface area contributed by atoms with E-state index in [2.05, 4.69) is 29.8 Å². The number of ketones is 1. The third-order valence-electron chi connectivity index (χ3n) is 1.93. The first-order valence-electron chi connectivity index (χ1n) is 3.95. The van der Waals surface area contributed by atoms with Crippen LogP contribution in [0.5, 0.6) is 0 Å². The zero-order valence-corrected chi connectivity index (χ0v) is 9.68. The smallest absolute Gasteiger partial charge is 0.161 e. The van der Waals surface area contributed by atoms with E-state index in [1.165, 1.54) is 0 Å². The van der Waals surface area contributed by atoms with Gasteiger partial charge in [-0.3, -0.25) is 7.58 Å². The lowest BCUT2D eigenvalue weighted by Crippen LogP contribution is -1.99.